The molecule has 0 saturated heterocycles. The highest BCUT2D eigenvalue weighted by Crippen LogP contribution is 2.20. The van der Waals surface area contributed by atoms with Crippen molar-refractivity contribution in [3.63, 3.8) is 0 Å². The summed E-state index contributed by atoms with van der Waals surface area (Å²) in [5.41, 5.74) is 1.16. The molecule has 24 heavy (non-hydrogen) atoms. The van der Waals surface area contributed by atoms with Crippen molar-refractivity contribution >= 4 is 5.96 Å². The molecule has 128 valence electrons. The van der Waals surface area contributed by atoms with Crippen LogP contribution in [0.3, 0.4) is 0 Å². The SMILES string of the molecule is CN=C(NCCCOC)NCc1ccc(Oc2ccccc2)cc1. The van der Waals surface area contributed by atoms with E-state index >= 15 is 0 Å². The third kappa shape index (κ3) is 6.30. The molecule has 0 spiro atoms. The average Bonchev–Trinajstić information content (AvgIpc) is 2.63. The molecule has 0 aliphatic carbocycles. The van der Waals surface area contributed by atoms with Crippen molar-refractivity contribution in [3.05, 3.63) is 60.2 Å². The Balaban J connectivity index is 1.78. The third-order valence-electron chi connectivity index (χ3n) is 3.40. The topological polar surface area (TPSA) is 54.9 Å². The number of ether oxygens (including phenoxy) is 2. The Morgan fingerprint density at radius 3 is 2.33 bits per heavy atom. The lowest BCUT2D eigenvalue weighted by atomic mass is 10.2. The molecule has 0 fully saturated rings. The summed E-state index contributed by atoms with van der Waals surface area (Å²) in [6.07, 6.45) is 0.947. The van der Waals surface area contributed by atoms with E-state index in [1.807, 2.05) is 54.6 Å². The lowest BCUT2D eigenvalue weighted by molar-refractivity contribution is 0.195. The van der Waals surface area contributed by atoms with Crippen molar-refractivity contribution in [2.75, 3.05) is 27.3 Å². The summed E-state index contributed by atoms with van der Waals surface area (Å²) in [5.74, 6) is 2.45. The molecule has 0 atom stereocenters. The van der Waals surface area contributed by atoms with Crippen LogP contribution in [-0.2, 0) is 11.3 Å². The van der Waals surface area contributed by atoms with Gasteiger partial charge >= 0.3 is 0 Å². The third-order valence-corrected chi connectivity index (χ3v) is 3.40. The van der Waals surface area contributed by atoms with E-state index in [2.05, 4.69) is 15.6 Å². The van der Waals surface area contributed by atoms with Crippen molar-refractivity contribution in [3.8, 4) is 11.5 Å². The number of nitrogens with one attached hydrogen (secondary N) is 2. The number of rotatable bonds is 8. The zero-order valence-corrected chi connectivity index (χ0v) is 14.3. The predicted octanol–water partition coefficient (Wildman–Crippen LogP) is 3.18. The van der Waals surface area contributed by atoms with Gasteiger partial charge in [0, 0.05) is 33.9 Å². The highest BCUT2D eigenvalue weighted by molar-refractivity contribution is 5.79. The minimum Gasteiger partial charge on any atom is -0.457 e. The van der Waals surface area contributed by atoms with Gasteiger partial charge in [-0.05, 0) is 36.2 Å². The quantitative estimate of drug-likeness (QED) is 0.444. The normalized spacial score (nSPS) is 11.2. The molecule has 0 amide bonds. The molecule has 0 aliphatic rings. The first-order valence-corrected chi connectivity index (χ1v) is 8.07. The first-order valence-electron chi connectivity index (χ1n) is 8.07. The Kier molecular flexibility index (Phi) is 7.63. The van der Waals surface area contributed by atoms with Crippen LogP contribution in [0.15, 0.2) is 59.6 Å². The number of methoxy groups -OCH3 is 1. The number of para-hydroxylation sites is 1. The zero-order chi connectivity index (χ0) is 17.0. The molecule has 0 radical (unpaired) electrons. The summed E-state index contributed by atoms with van der Waals surface area (Å²) < 4.78 is 10.8. The molecule has 2 aromatic carbocycles. The van der Waals surface area contributed by atoms with Crippen molar-refractivity contribution in [2.24, 2.45) is 4.99 Å². The molecule has 5 nitrogen and oxygen atoms in total. The molecular weight excluding hydrogens is 302 g/mol. The van der Waals surface area contributed by atoms with E-state index in [1.54, 1.807) is 14.2 Å². The zero-order valence-electron chi connectivity index (χ0n) is 14.3. The van der Waals surface area contributed by atoms with Crippen LogP contribution >= 0.6 is 0 Å². The van der Waals surface area contributed by atoms with E-state index < -0.39 is 0 Å². The lowest BCUT2D eigenvalue weighted by Crippen LogP contribution is -2.37. The number of hydrogen-bond acceptors (Lipinski definition) is 3. The first-order chi connectivity index (χ1) is 11.8. The van der Waals surface area contributed by atoms with Crippen molar-refractivity contribution < 1.29 is 9.47 Å². The Morgan fingerprint density at radius 2 is 1.67 bits per heavy atom. The average molecular weight is 327 g/mol. The van der Waals surface area contributed by atoms with Gasteiger partial charge in [0.05, 0.1) is 0 Å². The fraction of sp³-hybridized carbons (Fsp3) is 0.316. The van der Waals surface area contributed by atoms with E-state index in [1.165, 1.54) is 0 Å². The lowest BCUT2D eigenvalue weighted by Gasteiger charge is -2.12. The second-order valence-corrected chi connectivity index (χ2v) is 5.26. The fourth-order valence-corrected chi connectivity index (χ4v) is 2.13. The van der Waals surface area contributed by atoms with E-state index in [4.69, 9.17) is 9.47 Å². The van der Waals surface area contributed by atoms with E-state index in [0.717, 1.165) is 42.6 Å². The number of guanidine groups is 1. The van der Waals surface area contributed by atoms with Gasteiger partial charge in [-0.25, -0.2) is 0 Å². The van der Waals surface area contributed by atoms with Crippen molar-refractivity contribution in [1.82, 2.24) is 10.6 Å². The number of hydrogen-bond donors (Lipinski definition) is 2. The molecule has 0 heterocycles. The Morgan fingerprint density at radius 1 is 0.958 bits per heavy atom. The smallest absolute Gasteiger partial charge is 0.191 e. The summed E-state index contributed by atoms with van der Waals surface area (Å²) in [6.45, 7) is 2.28. The predicted molar refractivity (Wildman–Crippen MR) is 97.7 cm³/mol. The largest absolute Gasteiger partial charge is 0.457 e. The molecule has 5 heteroatoms. The second-order valence-electron chi connectivity index (χ2n) is 5.26. The van der Waals surface area contributed by atoms with Gasteiger partial charge in [-0.1, -0.05) is 30.3 Å². The molecular formula is C19H25N3O2. The number of aliphatic imine (C=N–C) groups is 1. The Labute approximate surface area is 143 Å². The molecule has 2 N–H and O–H groups in total. The maximum atomic E-state index is 5.79. The Bertz CT molecular complexity index is 612. The summed E-state index contributed by atoms with van der Waals surface area (Å²) in [7, 11) is 3.47. The molecule has 0 bridgehead atoms. The van der Waals surface area contributed by atoms with E-state index in [9.17, 15) is 0 Å². The van der Waals surface area contributed by atoms with Crippen LogP contribution in [-0.4, -0.2) is 33.3 Å². The molecule has 2 aromatic rings. The fourth-order valence-electron chi connectivity index (χ4n) is 2.13. The minimum absolute atomic E-state index is 0.704. The summed E-state index contributed by atoms with van der Waals surface area (Å²) in [4.78, 5) is 4.20. The second kappa shape index (κ2) is 10.3. The van der Waals surface area contributed by atoms with E-state index in [0.29, 0.717) is 6.54 Å². The van der Waals surface area contributed by atoms with Gasteiger partial charge in [0.25, 0.3) is 0 Å². The van der Waals surface area contributed by atoms with Crippen molar-refractivity contribution in [2.45, 2.75) is 13.0 Å². The van der Waals surface area contributed by atoms with Crippen LogP contribution in [0.1, 0.15) is 12.0 Å². The van der Waals surface area contributed by atoms with Crippen LogP contribution in [0.4, 0.5) is 0 Å². The molecule has 0 saturated carbocycles. The molecule has 0 unspecified atom stereocenters. The van der Waals surface area contributed by atoms with Gasteiger partial charge in [0.1, 0.15) is 11.5 Å². The maximum absolute atomic E-state index is 5.79. The summed E-state index contributed by atoms with van der Waals surface area (Å²) >= 11 is 0. The van der Waals surface area contributed by atoms with Crippen LogP contribution in [0.5, 0.6) is 11.5 Å². The van der Waals surface area contributed by atoms with Gasteiger partial charge in [-0.3, -0.25) is 4.99 Å². The van der Waals surface area contributed by atoms with E-state index in [-0.39, 0.29) is 0 Å². The number of nitrogens with zero attached hydrogens (tertiary/aromatic N) is 1. The molecule has 0 aliphatic heterocycles. The maximum Gasteiger partial charge on any atom is 0.191 e. The molecule has 2 rings (SSSR count). The van der Waals surface area contributed by atoms with Crippen LogP contribution in [0, 0.1) is 0 Å². The van der Waals surface area contributed by atoms with Crippen LogP contribution in [0.25, 0.3) is 0 Å². The Hall–Kier alpha value is -2.53. The van der Waals surface area contributed by atoms with Crippen LogP contribution in [0.2, 0.25) is 0 Å². The van der Waals surface area contributed by atoms with Gasteiger partial charge in [-0.15, -0.1) is 0 Å². The highest BCUT2D eigenvalue weighted by Gasteiger charge is 2.00. The first kappa shape index (κ1) is 17.8. The molecule has 0 aromatic heterocycles. The van der Waals surface area contributed by atoms with Crippen LogP contribution < -0.4 is 15.4 Å². The minimum atomic E-state index is 0.704. The summed E-state index contributed by atoms with van der Waals surface area (Å²) in [5, 5.41) is 6.54. The standard InChI is InChI=1S/C19H25N3O2/c1-20-19(21-13-6-14-23-2)22-15-16-9-11-18(12-10-16)24-17-7-4-3-5-8-17/h3-5,7-12H,6,13-15H2,1-2H3,(H2,20,21,22). The van der Waals surface area contributed by atoms with Gasteiger partial charge < -0.3 is 20.1 Å². The highest BCUT2D eigenvalue weighted by atomic mass is 16.5. The number of benzene rings is 2. The van der Waals surface area contributed by atoms with Gasteiger partial charge in [0.2, 0.25) is 0 Å². The van der Waals surface area contributed by atoms with Crippen molar-refractivity contribution in [1.29, 1.82) is 0 Å². The van der Waals surface area contributed by atoms with Gasteiger partial charge in [-0.2, -0.15) is 0 Å². The van der Waals surface area contributed by atoms with Gasteiger partial charge in [0.15, 0.2) is 5.96 Å². The monoisotopic (exact) mass is 327 g/mol. The summed E-state index contributed by atoms with van der Waals surface area (Å²) in [6, 6.07) is 17.8.